The molecule has 8 nitrogen and oxygen atoms in total. The zero-order chi connectivity index (χ0) is 24.9. The Morgan fingerprint density at radius 1 is 1.34 bits per heavy atom. The van der Waals surface area contributed by atoms with Crippen molar-refractivity contribution in [2.45, 2.75) is 19.9 Å². The van der Waals surface area contributed by atoms with Crippen molar-refractivity contribution < 1.29 is 24.1 Å². The zero-order valence-corrected chi connectivity index (χ0v) is 21.7. The van der Waals surface area contributed by atoms with Crippen molar-refractivity contribution in [3.05, 3.63) is 81.9 Å². The van der Waals surface area contributed by atoms with Crippen LogP contribution >= 0.6 is 38.9 Å². The second-order valence-electron chi connectivity index (χ2n) is 7.74. The van der Waals surface area contributed by atoms with Gasteiger partial charge in [0.15, 0.2) is 16.3 Å². The van der Waals surface area contributed by atoms with Crippen LogP contribution in [-0.4, -0.2) is 29.0 Å². The summed E-state index contributed by atoms with van der Waals surface area (Å²) < 4.78 is 18.7. The Labute approximate surface area is 216 Å². The Balaban J connectivity index is 1.75. The monoisotopic (exact) mass is 576 g/mol. The van der Waals surface area contributed by atoms with Crippen molar-refractivity contribution in [1.82, 2.24) is 4.57 Å². The molecule has 1 aromatic heterocycles. The van der Waals surface area contributed by atoms with E-state index in [4.69, 9.17) is 25.8 Å². The summed E-state index contributed by atoms with van der Waals surface area (Å²) in [7, 11) is 0. The summed E-state index contributed by atoms with van der Waals surface area (Å²) in [4.78, 5) is 31.6. The zero-order valence-electron chi connectivity index (χ0n) is 18.5. The smallest absolute Gasteiger partial charge is 0.338 e. The summed E-state index contributed by atoms with van der Waals surface area (Å²) in [5.74, 6) is 0.413. The summed E-state index contributed by atoms with van der Waals surface area (Å²) in [6, 6.07) is 7.71. The third-order valence-electron chi connectivity index (χ3n) is 5.57. The number of phenols is 1. The topological polar surface area (TPSA) is 99.4 Å². The average molecular weight is 578 g/mol. The number of carbonyl (C=O) groups is 1. The van der Waals surface area contributed by atoms with Crippen molar-refractivity contribution >= 4 is 50.9 Å². The Morgan fingerprint density at radius 3 is 2.89 bits per heavy atom. The van der Waals surface area contributed by atoms with Gasteiger partial charge in [0.05, 0.1) is 33.5 Å². The molecule has 3 aromatic rings. The number of allylic oxidation sites excluding steroid dienone is 1. The molecule has 2 aliphatic rings. The van der Waals surface area contributed by atoms with Crippen LogP contribution in [0.1, 0.15) is 31.0 Å². The van der Waals surface area contributed by atoms with E-state index in [1.54, 1.807) is 50.3 Å². The van der Waals surface area contributed by atoms with Gasteiger partial charge in [-0.3, -0.25) is 9.36 Å². The number of phenolic OH excluding ortho intramolecular Hbond substituents is 1. The molecule has 11 heteroatoms. The lowest BCUT2D eigenvalue weighted by atomic mass is 9.95. The van der Waals surface area contributed by atoms with E-state index < -0.39 is 12.0 Å². The minimum atomic E-state index is -0.790. The summed E-state index contributed by atoms with van der Waals surface area (Å²) >= 11 is 10.6. The van der Waals surface area contributed by atoms with Crippen molar-refractivity contribution in [3.63, 3.8) is 0 Å². The van der Waals surface area contributed by atoms with Crippen LogP contribution in [0.3, 0.4) is 0 Å². The molecule has 3 heterocycles. The number of aromatic hydroxyl groups is 1. The largest absolute Gasteiger partial charge is 0.506 e. The average Bonchev–Trinajstić information content (AvgIpc) is 3.40. The first-order valence-corrected chi connectivity index (χ1v) is 12.5. The standard InChI is InChI=1S/C24H18BrClN2O6S/c1-3-32-23(31)19-11(2)27-24-28(20(19)12-4-5-16-17(7-12)34-10-33-16)22(30)18(35-24)8-13-6-14(25)9-15(26)21(13)29/h4-9,20,29H,3,10H2,1-2H3/b18-8-/t20-/m0/s1. The van der Waals surface area contributed by atoms with Gasteiger partial charge in [0.25, 0.3) is 5.56 Å². The van der Waals surface area contributed by atoms with E-state index >= 15 is 0 Å². The molecule has 0 bridgehead atoms. The molecular weight excluding hydrogens is 560 g/mol. The molecule has 0 saturated heterocycles. The van der Waals surface area contributed by atoms with Crippen LogP contribution in [0.2, 0.25) is 5.02 Å². The molecular formula is C24H18BrClN2O6S. The van der Waals surface area contributed by atoms with Gasteiger partial charge < -0.3 is 19.3 Å². The molecule has 1 N–H and O–H groups in total. The number of hydrogen-bond donors (Lipinski definition) is 1. The maximum absolute atomic E-state index is 13.7. The van der Waals surface area contributed by atoms with E-state index in [0.29, 0.717) is 42.1 Å². The van der Waals surface area contributed by atoms with Gasteiger partial charge in [0, 0.05) is 10.0 Å². The summed E-state index contributed by atoms with van der Waals surface area (Å²) in [5, 5.41) is 10.6. The van der Waals surface area contributed by atoms with Gasteiger partial charge in [0.2, 0.25) is 6.79 Å². The predicted octanol–water partition coefficient (Wildman–Crippen LogP) is 3.65. The lowest BCUT2D eigenvalue weighted by Crippen LogP contribution is -2.39. The highest BCUT2D eigenvalue weighted by atomic mass is 79.9. The molecule has 0 aliphatic carbocycles. The molecule has 0 unspecified atom stereocenters. The Bertz CT molecular complexity index is 1590. The molecule has 1 atom stereocenters. The van der Waals surface area contributed by atoms with Gasteiger partial charge in [-0.05, 0) is 49.8 Å². The van der Waals surface area contributed by atoms with E-state index in [1.165, 1.54) is 4.57 Å². The maximum atomic E-state index is 13.7. The normalized spacial score (nSPS) is 16.8. The molecule has 0 fully saturated rings. The van der Waals surface area contributed by atoms with Crippen LogP contribution in [0, 0.1) is 0 Å². The number of benzene rings is 2. The van der Waals surface area contributed by atoms with Crippen LogP contribution in [0.4, 0.5) is 0 Å². The fourth-order valence-corrected chi connectivity index (χ4v) is 5.90. The number of halogens is 2. The second-order valence-corrected chi connectivity index (χ2v) is 10.1. The van der Waals surface area contributed by atoms with Gasteiger partial charge in [-0.2, -0.15) is 0 Å². The molecule has 35 heavy (non-hydrogen) atoms. The molecule has 0 spiro atoms. The van der Waals surface area contributed by atoms with Crippen LogP contribution in [0.5, 0.6) is 17.2 Å². The molecule has 0 amide bonds. The number of thiazole rings is 1. The van der Waals surface area contributed by atoms with Crippen molar-refractivity contribution in [3.8, 4) is 17.2 Å². The van der Waals surface area contributed by atoms with Crippen LogP contribution in [0.25, 0.3) is 6.08 Å². The SMILES string of the molecule is CCOC(=O)C1=C(C)N=c2s/c(=C\c3cc(Br)cc(Cl)c3O)c(=O)n2[C@H]1c1ccc2c(c1)OCO2. The van der Waals surface area contributed by atoms with Crippen LogP contribution in [0.15, 0.2) is 55.9 Å². The number of aromatic nitrogens is 1. The quantitative estimate of drug-likeness (QED) is 0.476. The minimum Gasteiger partial charge on any atom is -0.506 e. The van der Waals surface area contributed by atoms with Crippen LogP contribution < -0.4 is 24.4 Å². The van der Waals surface area contributed by atoms with Crippen molar-refractivity contribution in [2.75, 3.05) is 13.4 Å². The first kappa shape index (κ1) is 23.7. The molecule has 0 saturated carbocycles. The van der Waals surface area contributed by atoms with Gasteiger partial charge in [0.1, 0.15) is 5.75 Å². The first-order valence-electron chi connectivity index (χ1n) is 10.6. The predicted molar refractivity (Wildman–Crippen MR) is 134 cm³/mol. The Kier molecular flexibility index (Phi) is 6.20. The molecule has 2 aliphatic heterocycles. The highest BCUT2D eigenvalue weighted by Crippen LogP contribution is 2.38. The molecule has 180 valence electrons. The lowest BCUT2D eigenvalue weighted by Gasteiger charge is -2.24. The first-order chi connectivity index (χ1) is 16.8. The number of carbonyl (C=O) groups excluding carboxylic acids is 1. The van der Waals surface area contributed by atoms with E-state index in [1.807, 2.05) is 0 Å². The van der Waals surface area contributed by atoms with E-state index in [9.17, 15) is 14.7 Å². The third-order valence-corrected chi connectivity index (χ3v) is 7.30. The second kappa shape index (κ2) is 9.18. The van der Waals surface area contributed by atoms with E-state index in [0.717, 1.165) is 11.3 Å². The number of hydrogen-bond acceptors (Lipinski definition) is 8. The number of ether oxygens (including phenoxy) is 3. The minimum absolute atomic E-state index is 0.0971. The number of esters is 1. The van der Waals surface area contributed by atoms with Gasteiger partial charge in [-0.15, -0.1) is 0 Å². The van der Waals surface area contributed by atoms with Gasteiger partial charge >= 0.3 is 5.97 Å². The molecule has 5 rings (SSSR count). The number of fused-ring (bicyclic) bond motifs is 2. The van der Waals surface area contributed by atoms with Gasteiger partial charge in [-0.25, -0.2) is 9.79 Å². The van der Waals surface area contributed by atoms with Crippen molar-refractivity contribution in [1.29, 1.82) is 0 Å². The highest BCUT2D eigenvalue weighted by molar-refractivity contribution is 9.10. The fraction of sp³-hybridized carbons (Fsp3) is 0.208. The van der Waals surface area contributed by atoms with Crippen molar-refractivity contribution in [2.24, 2.45) is 4.99 Å². The highest BCUT2D eigenvalue weighted by Gasteiger charge is 2.34. The van der Waals surface area contributed by atoms with E-state index in [2.05, 4.69) is 20.9 Å². The summed E-state index contributed by atoms with van der Waals surface area (Å²) in [5.41, 5.74) is 1.36. The van der Waals surface area contributed by atoms with Gasteiger partial charge in [-0.1, -0.05) is 44.9 Å². The third kappa shape index (κ3) is 4.15. The Morgan fingerprint density at radius 2 is 2.11 bits per heavy atom. The number of nitrogens with zero attached hydrogens (tertiary/aromatic N) is 2. The summed E-state index contributed by atoms with van der Waals surface area (Å²) in [6.07, 6.45) is 1.55. The number of rotatable bonds is 4. The maximum Gasteiger partial charge on any atom is 0.338 e. The molecule has 2 aromatic carbocycles. The fourth-order valence-electron chi connectivity index (χ4n) is 4.03. The summed E-state index contributed by atoms with van der Waals surface area (Å²) in [6.45, 7) is 3.70. The Hall–Kier alpha value is -3.08. The lowest BCUT2D eigenvalue weighted by molar-refractivity contribution is -0.139. The molecule has 0 radical (unpaired) electrons. The van der Waals surface area contributed by atoms with Crippen LogP contribution in [-0.2, 0) is 9.53 Å². The van der Waals surface area contributed by atoms with E-state index in [-0.39, 0.29) is 35.3 Å².